The fraction of sp³-hybridized carbons (Fsp3) is 0.200. The number of ether oxygens (including phenoxy) is 1. The number of H-pyrrole nitrogens is 1. The highest BCUT2D eigenvalue weighted by atomic mass is 32.1. The van der Waals surface area contributed by atoms with E-state index in [1.165, 1.54) is 18.2 Å². The molecule has 0 saturated heterocycles. The minimum Gasteiger partial charge on any atom is -0.465 e. The molecule has 3 nitrogen and oxygen atoms in total. The third-order valence-corrected chi connectivity index (χ3v) is 3.45. The zero-order chi connectivity index (χ0) is 14.0. The van der Waals surface area contributed by atoms with Gasteiger partial charge in [-0.2, -0.15) is 0 Å². The van der Waals surface area contributed by atoms with Crippen LogP contribution in [-0.4, -0.2) is 18.1 Å². The molecule has 4 heteroatoms. The van der Waals surface area contributed by atoms with Gasteiger partial charge < -0.3 is 9.72 Å². The molecule has 1 heterocycles. The summed E-state index contributed by atoms with van der Waals surface area (Å²) in [5.41, 5.74) is 4.78. The van der Waals surface area contributed by atoms with Crippen LogP contribution in [0.15, 0.2) is 30.3 Å². The molecule has 0 radical (unpaired) electrons. The Labute approximate surface area is 117 Å². The first-order chi connectivity index (χ1) is 9.02. The molecule has 2 aromatic rings. The Balaban J connectivity index is 2.47. The Morgan fingerprint density at radius 2 is 1.89 bits per heavy atom. The van der Waals surface area contributed by atoms with Gasteiger partial charge in [0.2, 0.25) is 0 Å². The van der Waals surface area contributed by atoms with Crippen molar-refractivity contribution in [2.75, 3.05) is 7.11 Å². The average molecular weight is 273 g/mol. The number of aromatic amines is 1. The number of esters is 1. The topological polar surface area (TPSA) is 42.1 Å². The molecule has 0 saturated carbocycles. The number of nitrogens with one attached hydrogen (secondary N) is 1. The molecule has 0 bridgehead atoms. The third kappa shape index (κ3) is 2.74. The van der Waals surface area contributed by atoms with Gasteiger partial charge in [0.25, 0.3) is 0 Å². The van der Waals surface area contributed by atoms with Crippen LogP contribution in [-0.2, 0) is 4.74 Å². The fourth-order valence-electron chi connectivity index (χ4n) is 1.82. The van der Waals surface area contributed by atoms with Crippen molar-refractivity contribution in [2.45, 2.75) is 13.8 Å². The van der Waals surface area contributed by atoms with Crippen LogP contribution >= 0.6 is 12.2 Å². The molecule has 0 atom stereocenters. The number of hydrogen-bond donors (Lipinski definition) is 1. The number of aromatic nitrogens is 1. The Kier molecular flexibility index (Phi) is 3.81. The summed E-state index contributed by atoms with van der Waals surface area (Å²) in [4.78, 5) is 14.5. The summed E-state index contributed by atoms with van der Waals surface area (Å²) in [6, 6.07) is 9.71. The number of methoxy groups -OCH3 is 1. The minimum absolute atomic E-state index is 0.380. The van der Waals surface area contributed by atoms with Crippen molar-refractivity contribution in [3.05, 3.63) is 51.7 Å². The van der Waals surface area contributed by atoms with Gasteiger partial charge in [-0.3, -0.25) is 0 Å². The molecule has 0 aliphatic carbocycles. The summed E-state index contributed by atoms with van der Waals surface area (Å²) >= 11 is 5.18. The highest BCUT2D eigenvalue weighted by Gasteiger charge is 2.09. The second-order valence-corrected chi connectivity index (χ2v) is 4.81. The first-order valence-corrected chi connectivity index (χ1v) is 6.33. The zero-order valence-corrected chi connectivity index (χ0v) is 11.9. The Morgan fingerprint density at radius 3 is 2.47 bits per heavy atom. The summed E-state index contributed by atoms with van der Waals surface area (Å²) < 4.78 is 5.06. The van der Waals surface area contributed by atoms with E-state index in [-0.39, 0.29) is 0 Å². The van der Waals surface area contributed by atoms with Crippen molar-refractivity contribution in [1.82, 2.24) is 4.98 Å². The molecule has 0 spiro atoms. The van der Waals surface area contributed by atoms with Crippen LogP contribution in [0, 0.1) is 18.5 Å². The van der Waals surface area contributed by atoms with Crippen molar-refractivity contribution in [1.29, 1.82) is 0 Å². The second-order valence-electron chi connectivity index (χ2n) is 4.41. The molecule has 0 aliphatic heterocycles. The monoisotopic (exact) mass is 273 g/mol. The van der Waals surface area contributed by atoms with E-state index in [2.05, 4.69) is 35.7 Å². The maximum atomic E-state index is 11.5. The molecule has 1 aromatic carbocycles. The lowest BCUT2D eigenvalue weighted by atomic mass is 10.0. The summed E-state index contributed by atoms with van der Waals surface area (Å²) in [6.07, 6.45) is 0. The van der Waals surface area contributed by atoms with Crippen LogP contribution < -0.4 is 0 Å². The summed E-state index contributed by atoms with van der Waals surface area (Å²) in [5.74, 6) is -0.423. The highest BCUT2D eigenvalue weighted by Crippen LogP contribution is 2.21. The fourth-order valence-corrected chi connectivity index (χ4v) is 2.08. The maximum Gasteiger partial charge on any atom is 0.340 e. The van der Waals surface area contributed by atoms with Gasteiger partial charge in [-0.05, 0) is 48.7 Å². The van der Waals surface area contributed by atoms with Crippen molar-refractivity contribution in [2.24, 2.45) is 0 Å². The van der Waals surface area contributed by atoms with Gasteiger partial charge in [0.15, 0.2) is 0 Å². The predicted octanol–water partition coefficient (Wildman–Crippen LogP) is 3.81. The summed E-state index contributed by atoms with van der Waals surface area (Å²) in [6.45, 7) is 4.14. The van der Waals surface area contributed by atoms with Crippen LogP contribution in [0.5, 0.6) is 0 Å². The maximum absolute atomic E-state index is 11.5. The van der Waals surface area contributed by atoms with Gasteiger partial charge in [-0.25, -0.2) is 4.79 Å². The van der Waals surface area contributed by atoms with E-state index in [0.29, 0.717) is 10.2 Å². The average Bonchev–Trinajstić information content (AvgIpc) is 2.41. The van der Waals surface area contributed by atoms with Gasteiger partial charge in [0, 0.05) is 5.69 Å². The minimum atomic E-state index is -0.423. The van der Waals surface area contributed by atoms with E-state index in [1.54, 1.807) is 6.07 Å². The summed E-state index contributed by atoms with van der Waals surface area (Å²) in [7, 11) is 1.34. The number of pyridine rings is 1. The molecule has 98 valence electrons. The quantitative estimate of drug-likeness (QED) is 0.668. The van der Waals surface area contributed by atoms with E-state index in [1.807, 2.05) is 12.1 Å². The molecular formula is C15H15NO2S. The van der Waals surface area contributed by atoms with E-state index in [9.17, 15) is 4.79 Å². The van der Waals surface area contributed by atoms with E-state index >= 15 is 0 Å². The largest absolute Gasteiger partial charge is 0.465 e. The molecule has 0 fully saturated rings. The first-order valence-electron chi connectivity index (χ1n) is 5.92. The number of hydrogen-bond acceptors (Lipinski definition) is 3. The van der Waals surface area contributed by atoms with E-state index in [4.69, 9.17) is 12.2 Å². The second kappa shape index (κ2) is 5.36. The lowest BCUT2D eigenvalue weighted by molar-refractivity contribution is 0.0599. The molecule has 2 rings (SSSR count). The van der Waals surface area contributed by atoms with Crippen LogP contribution in [0.3, 0.4) is 0 Å². The van der Waals surface area contributed by atoms with Crippen molar-refractivity contribution in [3.63, 3.8) is 0 Å². The molecule has 19 heavy (non-hydrogen) atoms. The first kappa shape index (κ1) is 13.5. The smallest absolute Gasteiger partial charge is 0.340 e. The van der Waals surface area contributed by atoms with Gasteiger partial charge in [0.05, 0.1) is 12.7 Å². The molecule has 1 aromatic heterocycles. The van der Waals surface area contributed by atoms with Gasteiger partial charge in [-0.15, -0.1) is 0 Å². The zero-order valence-electron chi connectivity index (χ0n) is 11.1. The number of carbonyl (C=O) groups excluding carboxylic acids is 1. The van der Waals surface area contributed by atoms with Gasteiger partial charge in [-0.1, -0.05) is 24.4 Å². The molecule has 0 aliphatic rings. The van der Waals surface area contributed by atoms with E-state index in [0.717, 1.165) is 11.3 Å². The lowest BCUT2D eigenvalue weighted by Crippen LogP contribution is -2.03. The molecule has 0 amide bonds. The Hall–Kier alpha value is -1.94. The number of carbonyl (C=O) groups is 1. The molecule has 0 unspecified atom stereocenters. The van der Waals surface area contributed by atoms with Crippen molar-refractivity contribution < 1.29 is 9.53 Å². The summed E-state index contributed by atoms with van der Waals surface area (Å²) in [5, 5.41) is 0. The number of aryl methyl sites for hydroxylation is 2. The van der Waals surface area contributed by atoms with Crippen LogP contribution in [0.25, 0.3) is 11.3 Å². The lowest BCUT2D eigenvalue weighted by Gasteiger charge is -2.07. The predicted molar refractivity (Wildman–Crippen MR) is 77.9 cm³/mol. The van der Waals surface area contributed by atoms with Crippen molar-refractivity contribution >= 4 is 18.2 Å². The van der Waals surface area contributed by atoms with Crippen LogP contribution in [0.1, 0.15) is 21.5 Å². The molecule has 1 N–H and O–H groups in total. The third-order valence-electron chi connectivity index (χ3n) is 3.13. The number of rotatable bonds is 2. The van der Waals surface area contributed by atoms with Gasteiger partial charge in [0.1, 0.15) is 4.64 Å². The van der Waals surface area contributed by atoms with Gasteiger partial charge >= 0.3 is 5.97 Å². The van der Waals surface area contributed by atoms with Crippen LogP contribution in [0.2, 0.25) is 0 Å². The van der Waals surface area contributed by atoms with Crippen molar-refractivity contribution in [3.8, 4) is 11.3 Å². The highest BCUT2D eigenvalue weighted by molar-refractivity contribution is 7.71. The number of benzene rings is 1. The SMILES string of the molecule is COC(=O)c1ccc(-c2ccc(C)c(C)c2)[nH]c1=S. The Morgan fingerprint density at radius 1 is 1.16 bits per heavy atom. The Bertz CT molecular complexity index is 689. The van der Waals surface area contributed by atoms with Crippen LogP contribution in [0.4, 0.5) is 0 Å². The van der Waals surface area contributed by atoms with E-state index < -0.39 is 5.97 Å². The standard InChI is InChI=1S/C15H15NO2S/c1-9-4-5-11(8-10(9)2)13-7-6-12(14(19)16-13)15(17)18-3/h4-8H,1-3H3,(H,16,19). The normalized spacial score (nSPS) is 10.3. The molecular weight excluding hydrogens is 258 g/mol.